The van der Waals surface area contributed by atoms with Crippen LogP contribution in [0.25, 0.3) is 50.4 Å². The van der Waals surface area contributed by atoms with Crippen molar-refractivity contribution in [1.29, 1.82) is 0 Å². The molecule has 0 fully saturated rings. The Kier molecular flexibility index (Phi) is 3.02. The van der Waals surface area contributed by atoms with E-state index in [0.717, 1.165) is 24.1 Å². The lowest BCUT2D eigenvalue weighted by Gasteiger charge is -2.18. The number of nitrogens with zero attached hydrogens (tertiary/aromatic N) is 4. The van der Waals surface area contributed by atoms with Crippen molar-refractivity contribution in [3.8, 4) is 0 Å². The molecular weight excluding hydrogens is 368 g/mol. The van der Waals surface area contributed by atoms with Gasteiger partial charge >= 0.3 is 0 Å². The first kappa shape index (κ1) is 16.1. The number of fused-ring (bicyclic) bond motifs is 8. The molecule has 7 rings (SSSR count). The van der Waals surface area contributed by atoms with Gasteiger partial charge in [0.15, 0.2) is 0 Å². The van der Waals surface area contributed by atoms with Crippen molar-refractivity contribution in [3.63, 3.8) is 0 Å². The van der Waals surface area contributed by atoms with Crippen LogP contribution in [0.4, 0.5) is 0 Å². The minimum atomic E-state index is 1.01. The van der Waals surface area contributed by atoms with Crippen molar-refractivity contribution in [2.45, 2.75) is 12.8 Å². The van der Waals surface area contributed by atoms with Crippen molar-refractivity contribution in [2.75, 3.05) is 0 Å². The van der Waals surface area contributed by atoms with E-state index in [2.05, 4.69) is 99.5 Å². The van der Waals surface area contributed by atoms with Gasteiger partial charge in [0.05, 0.1) is 27.8 Å². The molecular formula is C26H20N4. The van der Waals surface area contributed by atoms with Gasteiger partial charge in [-0.2, -0.15) is 0 Å². The molecule has 0 bridgehead atoms. The lowest BCUT2D eigenvalue weighted by Crippen LogP contribution is -2.07. The van der Waals surface area contributed by atoms with Crippen LogP contribution >= 0.6 is 0 Å². The van der Waals surface area contributed by atoms with Crippen LogP contribution in [-0.2, 0) is 13.5 Å². The van der Waals surface area contributed by atoms with E-state index in [9.17, 15) is 0 Å². The molecule has 144 valence electrons. The van der Waals surface area contributed by atoms with Crippen molar-refractivity contribution in [3.05, 3.63) is 84.2 Å². The first-order valence-electron chi connectivity index (χ1n) is 10.4. The zero-order valence-electron chi connectivity index (χ0n) is 16.7. The van der Waals surface area contributed by atoms with E-state index in [1.165, 1.54) is 44.4 Å². The number of hydrogen-bond donors (Lipinski definition) is 0. The van der Waals surface area contributed by atoms with Crippen molar-refractivity contribution >= 4 is 50.4 Å². The highest BCUT2D eigenvalue weighted by molar-refractivity contribution is 6.10. The molecule has 0 saturated carbocycles. The molecule has 4 heteroatoms. The summed E-state index contributed by atoms with van der Waals surface area (Å²) in [6, 6.07) is 25.9. The van der Waals surface area contributed by atoms with E-state index in [4.69, 9.17) is 4.98 Å². The van der Waals surface area contributed by atoms with Gasteiger partial charge in [-0.25, -0.2) is 4.98 Å². The molecule has 0 atom stereocenters. The number of allylic oxidation sites excluding steroid dienone is 1. The molecule has 0 aliphatic heterocycles. The Hall–Kier alpha value is -3.79. The zero-order chi connectivity index (χ0) is 19.8. The number of benzene rings is 3. The van der Waals surface area contributed by atoms with Crippen LogP contribution in [0.15, 0.2) is 72.8 Å². The monoisotopic (exact) mass is 388 g/mol. The molecule has 3 aromatic carbocycles. The molecule has 1 aliphatic rings. The summed E-state index contributed by atoms with van der Waals surface area (Å²) in [6.45, 7) is 0. The highest BCUT2D eigenvalue weighted by Gasteiger charge is 2.23. The number of aryl methyl sites for hydroxylation is 1. The van der Waals surface area contributed by atoms with Crippen LogP contribution in [0.1, 0.15) is 17.8 Å². The average molecular weight is 388 g/mol. The highest BCUT2D eigenvalue weighted by atomic mass is 15.2. The van der Waals surface area contributed by atoms with Crippen molar-refractivity contribution in [2.24, 2.45) is 7.05 Å². The number of rotatable bonds is 1. The van der Waals surface area contributed by atoms with E-state index in [1.807, 2.05) is 0 Å². The third-order valence-corrected chi connectivity index (χ3v) is 6.57. The summed E-state index contributed by atoms with van der Waals surface area (Å²) in [5.41, 5.74) is 8.71. The van der Waals surface area contributed by atoms with E-state index >= 15 is 0 Å². The molecule has 0 unspecified atom stereocenters. The molecule has 0 spiro atoms. The van der Waals surface area contributed by atoms with Gasteiger partial charge in [-0.3, -0.25) is 4.40 Å². The van der Waals surface area contributed by atoms with Gasteiger partial charge in [0.25, 0.3) is 0 Å². The standard InChI is InChI=1S/C26H20N4/c1-28-24-15-14-17(16-25(24)30-23-13-7-4-10-20(23)27-26(28)30)29-21-11-5-2-8-18(21)19-9-3-6-12-22(19)29/h2-13,16H,14-15H2,1H3. The summed E-state index contributed by atoms with van der Waals surface area (Å²) >= 11 is 0. The molecule has 6 aromatic rings. The lowest BCUT2D eigenvalue weighted by atomic mass is 10.0. The van der Waals surface area contributed by atoms with Crippen LogP contribution in [0.2, 0.25) is 0 Å². The quantitative estimate of drug-likeness (QED) is 0.346. The molecule has 3 heterocycles. The van der Waals surface area contributed by atoms with E-state index < -0.39 is 0 Å². The fraction of sp³-hybridized carbons (Fsp3) is 0.115. The van der Waals surface area contributed by atoms with Gasteiger partial charge < -0.3 is 9.13 Å². The maximum Gasteiger partial charge on any atom is 0.215 e. The molecule has 0 amide bonds. The molecule has 4 nitrogen and oxygen atoms in total. The first-order chi connectivity index (χ1) is 14.8. The molecule has 0 saturated heterocycles. The summed E-state index contributed by atoms with van der Waals surface area (Å²) < 4.78 is 7.03. The van der Waals surface area contributed by atoms with Gasteiger partial charge in [0.2, 0.25) is 5.78 Å². The second-order valence-electron chi connectivity index (χ2n) is 8.13. The minimum Gasteiger partial charge on any atom is -0.316 e. The van der Waals surface area contributed by atoms with Crippen LogP contribution in [0, 0.1) is 0 Å². The fourth-order valence-corrected chi connectivity index (χ4v) is 5.23. The Morgan fingerprint density at radius 3 is 2.10 bits per heavy atom. The Morgan fingerprint density at radius 1 is 0.733 bits per heavy atom. The number of imidazole rings is 2. The first-order valence-corrected chi connectivity index (χ1v) is 10.4. The maximum atomic E-state index is 4.90. The lowest BCUT2D eigenvalue weighted by molar-refractivity contribution is 0.812. The molecule has 1 aliphatic carbocycles. The highest BCUT2D eigenvalue weighted by Crippen LogP contribution is 2.37. The maximum absolute atomic E-state index is 4.90. The zero-order valence-corrected chi connectivity index (χ0v) is 16.7. The average Bonchev–Trinajstić information content (AvgIpc) is 3.42. The van der Waals surface area contributed by atoms with Crippen LogP contribution in [0.3, 0.4) is 0 Å². The van der Waals surface area contributed by atoms with Gasteiger partial charge in [0, 0.05) is 29.2 Å². The number of aromatic nitrogens is 4. The normalized spacial score (nSPS) is 14.1. The van der Waals surface area contributed by atoms with Crippen molar-refractivity contribution in [1.82, 2.24) is 18.5 Å². The molecule has 3 aromatic heterocycles. The SMILES string of the molecule is Cn1c2c(n3c4ccccc4nc13)C=C(n1c3ccccc3c3ccccc31)CC2. The molecule has 0 radical (unpaired) electrons. The summed E-state index contributed by atoms with van der Waals surface area (Å²) in [4.78, 5) is 4.90. The Labute approximate surface area is 173 Å². The fourth-order valence-electron chi connectivity index (χ4n) is 5.23. The minimum absolute atomic E-state index is 1.01. The third kappa shape index (κ3) is 1.93. The second-order valence-corrected chi connectivity index (χ2v) is 8.13. The van der Waals surface area contributed by atoms with E-state index in [-0.39, 0.29) is 0 Å². The van der Waals surface area contributed by atoms with Gasteiger partial charge in [-0.1, -0.05) is 48.5 Å². The Bertz CT molecular complexity index is 1600. The van der Waals surface area contributed by atoms with Crippen LogP contribution < -0.4 is 0 Å². The smallest absolute Gasteiger partial charge is 0.215 e. The predicted octanol–water partition coefficient (Wildman–Crippen LogP) is 5.88. The second kappa shape index (κ2) is 5.63. The third-order valence-electron chi connectivity index (χ3n) is 6.57. The van der Waals surface area contributed by atoms with E-state index in [0.29, 0.717) is 0 Å². The number of para-hydroxylation sites is 4. The van der Waals surface area contributed by atoms with E-state index in [1.54, 1.807) is 0 Å². The van der Waals surface area contributed by atoms with Crippen LogP contribution in [-0.4, -0.2) is 18.5 Å². The summed E-state index contributed by atoms with van der Waals surface area (Å²) in [6.07, 6.45) is 4.39. The summed E-state index contributed by atoms with van der Waals surface area (Å²) in [7, 11) is 2.14. The predicted molar refractivity (Wildman–Crippen MR) is 124 cm³/mol. The van der Waals surface area contributed by atoms with Gasteiger partial charge in [-0.15, -0.1) is 0 Å². The summed E-state index contributed by atoms with van der Waals surface area (Å²) in [5, 5.41) is 2.62. The van der Waals surface area contributed by atoms with Gasteiger partial charge in [-0.05, 0) is 43.2 Å². The number of hydrogen-bond acceptors (Lipinski definition) is 1. The molecule has 0 N–H and O–H groups in total. The largest absolute Gasteiger partial charge is 0.316 e. The van der Waals surface area contributed by atoms with Crippen LogP contribution in [0.5, 0.6) is 0 Å². The summed E-state index contributed by atoms with van der Waals surface area (Å²) in [5.74, 6) is 1.01. The molecule has 30 heavy (non-hydrogen) atoms. The topological polar surface area (TPSA) is 27.2 Å². The Morgan fingerprint density at radius 2 is 1.37 bits per heavy atom. The Balaban J connectivity index is 1.58. The van der Waals surface area contributed by atoms with Gasteiger partial charge in [0.1, 0.15) is 0 Å². The van der Waals surface area contributed by atoms with Crippen molar-refractivity contribution < 1.29 is 0 Å².